The van der Waals surface area contributed by atoms with Crippen molar-refractivity contribution in [3.05, 3.63) is 77.9 Å². The van der Waals surface area contributed by atoms with Crippen LogP contribution in [-0.2, 0) is 0 Å². The van der Waals surface area contributed by atoms with E-state index in [4.69, 9.17) is 4.74 Å². The van der Waals surface area contributed by atoms with E-state index < -0.39 is 0 Å². The van der Waals surface area contributed by atoms with E-state index in [1.807, 2.05) is 62.6 Å². The fraction of sp³-hybridized carbons (Fsp3) is 0.211. The quantitative estimate of drug-likeness (QED) is 0.579. The van der Waals surface area contributed by atoms with Gasteiger partial charge in [0.25, 0.3) is 0 Å². The highest BCUT2D eigenvalue weighted by Crippen LogP contribution is 2.15. The average Bonchev–Trinajstić information content (AvgIpc) is 2.55. The minimum absolute atomic E-state index is 0.0260. The van der Waals surface area contributed by atoms with Crippen molar-refractivity contribution in [2.24, 2.45) is 0 Å². The van der Waals surface area contributed by atoms with Crippen molar-refractivity contribution in [1.82, 2.24) is 4.90 Å². The normalized spacial score (nSPS) is 11.0. The van der Waals surface area contributed by atoms with Gasteiger partial charge >= 0.3 is 0 Å². The zero-order valence-corrected chi connectivity index (χ0v) is 13.0. The smallest absolute Gasteiger partial charge is 0.193 e. The molecule has 0 N–H and O–H groups in total. The summed E-state index contributed by atoms with van der Waals surface area (Å²) in [6.45, 7) is 1.42. The van der Waals surface area contributed by atoms with Gasteiger partial charge in [-0.2, -0.15) is 0 Å². The number of carbonyl (C=O) groups is 1. The second-order valence-corrected chi connectivity index (χ2v) is 5.26. The number of nitrogens with zero attached hydrogens (tertiary/aromatic N) is 1. The van der Waals surface area contributed by atoms with Gasteiger partial charge in [0.05, 0.1) is 0 Å². The van der Waals surface area contributed by atoms with Crippen LogP contribution in [0.3, 0.4) is 0 Å². The third kappa shape index (κ3) is 4.86. The molecule has 0 aliphatic rings. The van der Waals surface area contributed by atoms with Crippen LogP contribution in [0.5, 0.6) is 5.75 Å². The zero-order chi connectivity index (χ0) is 15.8. The van der Waals surface area contributed by atoms with E-state index in [0.29, 0.717) is 17.7 Å². The summed E-state index contributed by atoms with van der Waals surface area (Å²) >= 11 is 0. The van der Waals surface area contributed by atoms with Gasteiger partial charge in [0.2, 0.25) is 0 Å². The summed E-state index contributed by atoms with van der Waals surface area (Å²) in [4.78, 5) is 14.3. The number of benzene rings is 2. The van der Waals surface area contributed by atoms with Crippen LogP contribution in [0.1, 0.15) is 15.9 Å². The number of ketones is 1. The van der Waals surface area contributed by atoms with Gasteiger partial charge in [-0.3, -0.25) is 4.79 Å². The average molecular weight is 295 g/mol. The SMILES string of the molecule is CN(C)CC=CCOc1ccc(C(=O)c2ccccc2)cc1. The lowest BCUT2D eigenvalue weighted by Gasteiger charge is -2.06. The van der Waals surface area contributed by atoms with Gasteiger partial charge < -0.3 is 9.64 Å². The molecule has 0 aliphatic heterocycles. The van der Waals surface area contributed by atoms with Gasteiger partial charge in [0.1, 0.15) is 12.4 Å². The van der Waals surface area contributed by atoms with E-state index in [-0.39, 0.29) is 5.78 Å². The van der Waals surface area contributed by atoms with Crippen LogP contribution < -0.4 is 4.74 Å². The first-order valence-electron chi connectivity index (χ1n) is 7.29. The molecule has 22 heavy (non-hydrogen) atoms. The van der Waals surface area contributed by atoms with Crippen LogP contribution in [0.2, 0.25) is 0 Å². The molecule has 0 aromatic heterocycles. The van der Waals surface area contributed by atoms with E-state index >= 15 is 0 Å². The van der Waals surface area contributed by atoms with Gasteiger partial charge in [-0.15, -0.1) is 0 Å². The highest BCUT2D eigenvalue weighted by atomic mass is 16.5. The number of hydrogen-bond acceptors (Lipinski definition) is 3. The lowest BCUT2D eigenvalue weighted by molar-refractivity contribution is 0.103. The molecular formula is C19H21NO2. The molecule has 0 bridgehead atoms. The topological polar surface area (TPSA) is 29.5 Å². The van der Waals surface area contributed by atoms with Gasteiger partial charge in [-0.05, 0) is 38.4 Å². The molecule has 0 saturated carbocycles. The Kier molecular flexibility index (Phi) is 5.92. The Morgan fingerprint density at radius 2 is 1.59 bits per heavy atom. The maximum atomic E-state index is 12.3. The van der Waals surface area contributed by atoms with Gasteiger partial charge in [-0.1, -0.05) is 42.5 Å². The lowest BCUT2D eigenvalue weighted by Crippen LogP contribution is -2.10. The molecule has 0 fully saturated rings. The molecule has 2 aromatic carbocycles. The Hall–Kier alpha value is -2.39. The molecule has 0 radical (unpaired) electrons. The van der Waals surface area contributed by atoms with E-state index in [1.54, 1.807) is 12.1 Å². The Morgan fingerprint density at radius 3 is 2.23 bits per heavy atom. The number of ether oxygens (including phenoxy) is 1. The van der Waals surface area contributed by atoms with Crippen molar-refractivity contribution in [3.8, 4) is 5.75 Å². The predicted molar refractivity (Wildman–Crippen MR) is 89.5 cm³/mol. The summed E-state index contributed by atoms with van der Waals surface area (Å²) in [5, 5.41) is 0. The molecule has 0 amide bonds. The summed E-state index contributed by atoms with van der Waals surface area (Å²) in [6, 6.07) is 16.5. The monoisotopic (exact) mass is 295 g/mol. The minimum Gasteiger partial charge on any atom is -0.490 e. The van der Waals surface area contributed by atoms with Crippen LogP contribution in [0, 0.1) is 0 Å². The lowest BCUT2D eigenvalue weighted by atomic mass is 10.0. The van der Waals surface area contributed by atoms with Crippen LogP contribution in [0.25, 0.3) is 0 Å². The molecule has 0 unspecified atom stereocenters. The fourth-order valence-electron chi connectivity index (χ4n) is 1.96. The largest absolute Gasteiger partial charge is 0.490 e. The Balaban J connectivity index is 1.90. The third-order valence-corrected chi connectivity index (χ3v) is 3.14. The molecule has 0 saturated heterocycles. The Labute approximate surface area is 131 Å². The molecule has 0 atom stereocenters. The van der Waals surface area contributed by atoms with Crippen molar-refractivity contribution in [3.63, 3.8) is 0 Å². The molecule has 3 nitrogen and oxygen atoms in total. The van der Waals surface area contributed by atoms with Crippen LogP contribution in [-0.4, -0.2) is 37.9 Å². The van der Waals surface area contributed by atoms with Crippen LogP contribution in [0.4, 0.5) is 0 Å². The third-order valence-electron chi connectivity index (χ3n) is 3.14. The zero-order valence-electron chi connectivity index (χ0n) is 13.0. The van der Waals surface area contributed by atoms with E-state index in [1.165, 1.54) is 0 Å². The predicted octanol–water partition coefficient (Wildman–Crippen LogP) is 3.41. The summed E-state index contributed by atoms with van der Waals surface area (Å²) in [6.07, 6.45) is 4.05. The summed E-state index contributed by atoms with van der Waals surface area (Å²) in [7, 11) is 4.04. The molecular weight excluding hydrogens is 274 g/mol. The minimum atomic E-state index is 0.0260. The van der Waals surface area contributed by atoms with E-state index in [2.05, 4.69) is 11.0 Å². The highest BCUT2D eigenvalue weighted by molar-refractivity contribution is 6.08. The van der Waals surface area contributed by atoms with Crippen LogP contribution >= 0.6 is 0 Å². The maximum absolute atomic E-state index is 12.3. The van der Waals surface area contributed by atoms with E-state index in [9.17, 15) is 4.79 Å². The highest BCUT2D eigenvalue weighted by Gasteiger charge is 2.07. The second-order valence-electron chi connectivity index (χ2n) is 5.26. The molecule has 3 heteroatoms. The van der Waals surface area contributed by atoms with Gasteiger partial charge in [0.15, 0.2) is 5.78 Å². The molecule has 0 spiro atoms. The molecule has 114 valence electrons. The van der Waals surface area contributed by atoms with Crippen molar-refractivity contribution in [2.75, 3.05) is 27.2 Å². The number of likely N-dealkylation sites (N-methyl/N-ethyl adjacent to an activating group) is 1. The van der Waals surface area contributed by atoms with Crippen molar-refractivity contribution in [2.45, 2.75) is 0 Å². The first-order chi connectivity index (χ1) is 10.7. The molecule has 0 heterocycles. The molecule has 2 aromatic rings. The van der Waals surface area contributed by atoms with Crippen LogP contribution in [0.15, 0.2) is 66.7 Å². The summed E-state index contributed by atoms with van der Waals surface area (Å²) < 4.78 is 5.61. The summed E-state index contributed by atoms with van der Waals surface area (Å²) in [5.74, 6) is 0.789. The van der Waals surface area contributed by atoms with Crippen molar-refractivity contribution >= 4 is 5.78 Å². The second kappa shape index (κ2) is 8.15. The van der Waals surface area contributed by atoms with Crippen molar-refractivity contribution < 1.29 is 9.53 Å². The summed E-state index contributed by atoms with van der Waals surface area (Å²) in [5.41, 5.74) is 1.37. The number of hydrogen-bond donors (Lipinski definition) is 0. The Morgan fingerprint density at radius 1 is 0.955 bits per heavy atom. The number of carbonyl (C=O) groups excluding carboxylic acids is 1. The number of rotatable bonds is 7. The van der Waals surface area contributed by atoms with Gasteiger partial charge in [0, 0.05) is 17.7 Å². The fourth-order valence-corrected chi connectivity index (χ4v) is 1.96. The van der Waals surface area contributed by atoms with Crippen molar-refractivity contribution in [1.29, 1.82) is 0 Å². The molecule has 2 rings (SSSR count). The molecule has 0 aliphatic carbocycles. The van der Waals surface area contributed by atoms with E-state index in [0.717, 1.165) is 12.3 Å². The first-order valence-corrected chi connectivity index (χ1v) is 7.29. The van der Waals surface area contributed by atoms with Gasteiger partial charge in [-0.25, -0.2) is 0 Å². The maximum Gasteiger partial charge on any atom is 0.193 e. The first kappa shape index (κ1) is 16.0. The Bertz CT molecular complexity index is 616. The standard InChI is InChI=1S/C19H21NO2/c1-20(2)14-6-7-15-22-18-12-10-17(11-13-18)19(21)16-8-4-3-5-9-16/h3-13H,14-15H2,1-2H3.